The van der Waals surface area contributed by atoms with Gasteiger partial charge in [0.05, 0.1) is 18.1 Å². The molecule has 0 radical (unpaired) electrons. The summed E-state index contributed by atoms with van der Waals surface area (Å²) in [5.74, 6) is -2.81. The molecule has 2 N–H and O–H groups in total. The first kappa shape index (κ1) is 13.5. The van der Waals surface area contributed by atoms with E-state index >= 15 is 0 Å². The number of fused-ring (bicyclic) bond motifs is 1. The van der Waals surface area contributed by atoms with Crippen LogP contribution in [0.15, 0.2) is 11.8 Å². The molecular formula is C12H15NO6. The highest BCUT2D eigenvalue weighted by Gasteiger charge is 2.55. The van der Waals surface area contributed by atoms with Crippen molar-refractivity contribution in [3.8, 4) is 0 Å². The Hall–Kier alpha value is -1.89. The van der Waals surface area contributed by atoms with Crippen LogP contribution in [-0.2, 0) is 19.1 Å². The molecule has 2 aliphatic heterocycles. The molecule has 0 aliphatic carbocycles. The minimum Gasteiger partial charge on any atom is -0.477 e. The SMILES string of the molecule is CC(=O)O[C@@H]1C=C(C(=O)O)N2C(=O)[C@H]([C@@H](C)O)[C@H]2C1. The minimum absolute atomic E-state index is 0.190. The molecular weight excluding hydrogens is 254 g/mol. The van der Waals surface area contributed by atoms with Crippen LogP contribution in [0.25, 0.3) is 0 Å². The highest BCUT2D eigenvalue weighted by Crippen LogP contribution is 2.39. The van der Waals surface area contributed by atoms with Gasteiger partial charge in [-0.15, -0.1) is 0 Å². The van der Waals surface area contributed by atoms with Crippen LogP contribution in [-0.4, -0.2) is 51.2 Å². The Kier molecular flexibility index (Phi) is 3.32. The van der Waals surface area contributed by atoms with E-state index < -0.39 is 42.0 Å². The second kappa shape index (κ2) is 4.65. The van der Waals surface area contributed by atoms with Crippen LogP contribution in [0.1, 0.15) is 20.3 Å². The molecule has 1 fully saturated rings. The summed E-state index contributed by atoms with van der Waals surface area (Å²) in [6.07, 6.45) is 0.0210. The number of nitrogens with zero attached hydrogens (tertiary/aromatic N) is 1. The largest absolute Gasteiger partial charge is 0.477 e. The Morgan fingerprint density at radius 3 is 2.63 bits per heavy atom. The number of carboxylic acid groups (broad SMARTS) is 1. The zero-order valence-corrected chi connectivity index (χ0v) is 10.6. The zero-order chi connectivity index (χ0) is 14.3. The van der Waals surface area contributed by atoms with Gasteiger partial charge in [-0.1, -0.05) is 0 Å². The lowest BCUT2D eigenvalue weighted by molar-refractivity contribution is -0.169. The molecule has 0 spiro atoms. The normalized spacial score (nSPS) is 30.9. The third kappa shape index (κ3) is 2.21. The van der Waals surface area contributed by atoms with Gasteiger partial charge in [0.15, 0.2) is 0 Å². The molecule has 0 unspecified atom stereocenters. The van der Waals surface area contributed by atoms with Gasteiger partial charge >= 0.3 is 11.9 Å². The molecule has 104 valence electrons. The van der Waals surface area contributed by atoms with Gasteiger partial charge in [0.25, 0.3) is 0 Å². The molecule has 0 bridgehead atoms. The number of aliphatic hydroxyl groups excluding tert-OH is 1. The molecule has 2 rings (SSSR count). The third-order valence-electron chi connectivity index (χ3n) is 3.40. The Balaban J connectivity index is 2.27. The number of aliphatic hydroxyl groups is 1. The Labute approximate surface area is 109 Å². The van der Waals surface area contributed by atoms with Crippen molar-refractivity contribution in [2.45, 2.75) is 38.5 Å². The molecule has 2 aliphatic rings. The van der Waals surface area contributed by atoms with E-state index in [1.54, 1.807) is 0 Å². The number of hydrogen-bond donors (Lipinski definition) is 2. The molecule has 1 amide bonds. The van der Waals surface area contributed by atoms with Gasteiger partial charge in [0, 0.05) is 13.3 Å². The fraction of sp³-hybridized carbons (Fsp3) is 0.583. The fourth-order valence-corrected chi connectivity index (χ4v) is 2.68. The lowest BCUT2D eigenvalue weighted by Crippen LogP contribution is -2.66. The number of aliphatic carboxylic acids is 1. The predicted molar refractivity (Wildman–Crippen MR) is 61.7 cm³/mol. The quantitative estimate of drug-likeness (QED) is 0.528. The average Bonchev–Trinajstić information content (AvgIpc) is 2.25. The zero-order valence-electron chi connectivity index (χ0n) is 10.6. The number of carbonyl (C=O) groups is 3. The van der Waals surface area contributed by atoms with Crippen LogP contribution in [0.3, 0.4) is 0 Å². The maximum absolute atomic E-state index is 11.8. The number of rotatable bonds is 3. The van der Waals surface area contributed by atoms with Crippen LogP contribution in [0.2, 0.25) is 0 Å². The van der Waals surface area contributed by atoms with E-state index in [4.69, 9.17) is 9.84 Å². The Morgan fingerprint density at radius 2 is 2.16 bits per heavy atom. The summed E-state index contributed by atoms with van der Waals surface area (Å²) < 4.78 is 4.99. The van der Waals surface area contributed by atoms with Crippen molar-refractivity contribution in [1.29, 1.82) is 0 Å². The van der Waals surface area contributed by atoms with Gasteiger partial charge < -0.3 is 19.8 Å². The lowest BCUT2D eigenvalue weighted by atomic mass is 9.77. The van der Waals surface area contributed by atoms with E-state index in [2.05, 4.69) is 0 Å². The number of hydrogen-bond acceptors (Lipinski definition) is 5. The molecule has 1 saturated heterocycles. The van der Waals surface area contributed by atoms with Crippen molar-refractivity contribution in [3.63, 3.8) is 0 Å². The van der Waals surface area contributed by atoms with Crippen LogP contribution < -0.4 is 0 Å². The van der Waals surface area contributed by atoms with Gasteiger partial charge in [-0.3, -0.25) is 9.59 Å². The van der Waals surface area contributed by atoms with Crippen molar-refractivity contribution in [2.24, 2.45) is 5.92 Å². The summed E-state index contributed by atoms with van der Waals surface area (Å²) in [4.78, 5) is 35.1. The summed E-state index contributed by atoms with van der Waals surface area (Å²) in [6, 6.07) is -0.437. The van der Waals surface area contributed by atoms with Gasteiger partial charge in [-0.05, 0) is 13.0 Å². The Morgan fingerprint density at radius 1 is 1.53 bits per heavy atom. The number of esters is 1. The Bertz CT molecular complexity index is 469. The molecule has 7 nitrogen and oxygen atoms in total. The number of carbonyl (C=O) groups excluding carboxylic acids is 2. The second-order valence-corrected chi connectivity index (χ2v) is 4.78. The molecule has 0 aromatic carbocycles. The number of carboxylic acids is 1. The average molecular weight is 269 g/mol. The minimum atomic E-state index is -1.25. The molecule has 7 heteroatoms. The topological polar surface area (TPSA) is 104 Å². The first-order chi connectivity index (χ1) is 8.82. The molecule has 19 heavy (non-hydrogen) atoms. The van der Waals surface area contributed by atoms with Gasteiger partial charge in [-0.25, -0.2) is 4.79 Å². The van der Waals surface area contributed by atoms with Crippen molar-refractivity contribution >= 4 is 17.8 Å². The van der Waals surface area contributed by atoms with E-state index in [1.807, 2.05) is 0 Å². The molecule has 0 saturated carbocycles. The monoisotopic (exact) mass is 269 g/mol. The fourth-order valence-electron chi connectivity index (χ4n) is 2.68. The summed E-state index contributed by atoms with van der Waals surface area (Å²) in [7, 11) is 0. The predicted octanol–water partition coefficient (Wildman–Crippen LogP) is -0.502. The number of ether oxygens (including phenoxy) is 1. The van der Waals surface area contributed by atoms with Gasteiger partial charge in [0.1, 0.15) is 11.8 Å². The van der Waals surface area contributed by atoms with Crippen molar-refractivity contribution in [2.75, 3.05) is 0 Å². The summed E-state index contributed by atoms with van der Waals surface area (Å²) >= 11 is 0. The third-order valence-corrected chi connectivity index (χ3v) is 3.40. The van der Waals surface area contributed by atoms with Gasteiger partial charge in [-0.2, -0.15) is 0 Å². The second-order valence-electron chi connectivity index (χ2n) is 4.78. The first-order valence-corrected chi connectivity index (χ1v) is 5.96. The summed E-state index contributed by atoms with van der Waals surface area (Å²) in [5, 5.41) is 18.6. The maximum atomic E-state index is 11.8. The lowest BCUT2D eigenvalue weighted by Gasteiger charge is -2.51. The van der Waals surface area contributed by atoms with Crippen LogP contribution in [0.4, 0.5) is 0 Å². The highest BCUT2D eigenvalue weighted by atomic mass is 16.5. The van der Waals surface area contributed by atoms with E-state index in [0.29, 0.717) is 6.42 Å². The van der Waals surface area contributed by atoms with Crippen LogP contribution >= 0.6 is 0 Å². The van der Waals surface area contributed by atoms with Crippen molar-refractivity contribution < 1.29 is 29.3 Å². The van der Waals surface area contributed by atoms with Crippen molar-refractivity contribution in [1.82, 2.24) is 4.90 Å². The summed E-state index contributed by atoms with van der Waals surface area (Å²) in [5.41, 5.74) is -0.190. The van der Waals surface area contributed by atoms with E-state index in [0.717, 1.165) is 4.90 Å². The van der Waals surface area contributed by atoms with E-state index in [9.17, 15) is 19.5 Å². The van der Waals surface area contributed by atoms with E-state index in [1.165, 1.54) is 19.9 Å². The van der Waals surface area contributed by atoms with Crippen molar-refractivity contribution in [3.05, 3.63) is 11.8 Å². The maximum Gasteiger partial charge on any atom is 0.352 e. The van der Waals surface area contributed by atoms with Crippen LogP contribution in [0.5, 0.6) is 0 Å². The molecule has 4 atom stereocenters. The smallest absolute Gasteiger partial charge is 0.352 e. The van der Waals surface area contributed by atoms with E-state index in [-0.39, 0.29) is 5.70 Å². The molecule has 0 aromatic heterocycles. The van der Waals surface area contributed by atoms with Gasteiger partial charge in [0.2, 0.25) is 5.91 Å². The van der Waals surface area contributed by atoms with Crippen LogP contribution in [0, 0.1) is 5.92 Å². The first-order valence-electron chi connectivity index (χ1n) is 5.96. The standard InChI is InChI=1S/C12H15NO6/c1-5(14)10-8-3-7(19-6(2)15)4-9(12(17)18)13(8)11(10)16/h4-5,7-8,10,14H,3H2,1-2H3,(H,17,18)/t5-,7+,8-,10-/m1/s1. The number of amides is 1. The molecule has 0 aromatic rings. The highest BCUT2D eigenvalue weighted by molar-refractivity contribution is 5.98. The number of β-lactam (4-membered cyclic amide) rings is 1. The molecule has 2 heterocycles. The summed E-state index contributed by atoms with van der Waals surface area (Å²) in [6.45, 7) is 2.72.